The maximum absolute atomic E-state index is 10.1. The van der Waals surface area contributed by atoms with E-state index >= 15 is 0 Å². The molecule has 10 heavy (non-hydrogen) atoms. The normalized spacial score (nSPS) is 6.60. The molecule has 0 fully saturated rings. The SMILES string of the molecule is C=C(F)F.C=CCOC=C. The van der Waals surface area contributed by atoms with Crippen molar-refractivity contribution in [3.8, 4) is 0 Å². The van der Waals surface area contributed by atoms with Crippen molar-refractivity contribution in [1.29, 1.82) is 0 Å². The van der Waals surface area contributed by atoms with Gasteiger partial charge in [-0.1, -0.05) is 19.2 Å². The Kier molecular flexibility index (Phi) is 12.6. The van der Waals surface area contributed by atoms with Gasteiger partial charge in [-0.05, 0) is 6.58 Å². The van der Waals surface area contributed by atoms with Gasteiger partial charge in [0.2, 0.25) is 0 Å². The standard InChI is InChI=1S/C5H8O.C2H2F2/c1-3-5-6-4-2;1-2(3)4/h3-4H,1-2,5H2;1H2. The number of hydrogen-bond donors (Lipinski definition) is 0. The second-order valence-electron chi connectivity index (χ2n) is 1.13. The van der Waals surface area contributed by atoms with Crippen LogP contribution in [0, 0.1) is 0 Å². The highest BCUT2D eigenvalue weighted by molar-refractivity contribution is 4.65. The van der Waals surface area contributed by atoms with Gasteiger partial charge in [-0.25, -0.2) is 0 Å². The van der Waals surface area contributed by atoms with Crippen molar-refractivity contribution >= 4 is 0 Å². The second kappa shape index (κ2) is 10.8. The van der Waals surface area contributed by atoms with Crippen LogP contribution in [0.3, 0.4) is 0 Å². The van der Waals surface area contributed by atoms with Crippen LogP contribution in [-0.4, -0.2) is 6.61 Å². The average molecular weight is 148 g/mol. The van der Waals surface area contributed by atoms with Crippen LogP contribution >= 0.6 is 0 Å². The molecule has 0 heterocycles. The molecule has 58 valence electrons. The summed E-state index contributed by atoms with van der Waals surface area (Å²) in [5.41, 5.74) is 0. The van der Waals surface area contributed by atoms with Crippen LogP contribution in [0.4, 0.5) is 8.78 Å². The van der Waals surface area contributed by atoms with Crippen molar-refractivity contribution in [2.45, 2.75) is 0 Å². The van der Waals surface area contributed by atoms with Gasteiger partial charge in [-0.2, -0.15) is 8.78 Å². The molecule has 0 unspecified atom stereocenters. The molecule has 0 amide bonds. The van der Waals surface area contributed by atoms with E-state index in [1.54, 1.807) is 6.08 Å². The fourth-order valence-corrected chi connectivity index (χ4v) is 0.136. The number of ether oxygens (including phenoxy) is 1. The average Bonchev–Trinajstić information content (AvgIpc) is 1.82. The molecule has 0 aliphatic carbocycles. The predicted molar refractivity (Wildman–Crippen MR) is 37.7 cm³/mol. The van der Waals surface area contributed by atoms with Crippen LogP contribution in [-0.2, 0) is 4.74 Å². The highest BCUT2D eigenvalue weighted by Gasteiger charge is 1.65. The monoisotopic (exact) mass is 148 g/mol. The third kappa shape index (κ3) is 67.3. The molecule has 0 aromatic carbocycles. The van der Waals surface area contributed by atoms with Crippen LogP contribution in [0.5, 0.6) is 0 Å². The summed E-state index contributed by atoms with van der Waals surface area (Å²) in [6.07, 6.45) is 1.23. The summed E-state index contributed by atoms with van der Waals surface area (Å²) in [7, 11) is 0. The van der Waals surface area contributed by atoms with Crippen LogP contribution in [0.1, 0.15) is 0 Å². The summed E-state index contributed by atoms with van der Waals surface area (Å²) in [4.78, 5) is 0. The highest BCUT2D eigenvalue weighted by atomic mass is 19.3. The Morgan fingerprint density at radius 2 is 1.80 bits per heavy atom. The Hall–Kier alpha value is -1.12. The van der Waals surface area contributed by atoms with Crippen molar-refractivity contribution in [2.24, 2.45) is 0 Å². The molecule has 0 aromatic rings. The van der Waals surface area contributed by atoms with Gasteiger partial charge in [0.1, 0.15) is 6.61 Å². The second-order valence-corrected chi connectivity index (χ2v) is 1.13. The largest absolute Gasteiger partial charge is 0.498 e. The van der Waals surface area contributed by atoms with Crippen LogP contribution in [0.25, 0.3) is 0 Å². The zero-order valence-corrected chi connectivity index (χ0v) is 5.65. The van der Waals surface area contributed by atoms with E-state index in [-0.39, 0.29) is 0 Å². The molecule has 0 aromatic heterocycles. The van der Waals surface area contributed by atoms with Crippen LogP contribution < -0.4 is 0 Å². The first kappa shape index (κ1) is 11.6. The molecular formula is C7H10F2O. The molecule has 0 radical (unpaired) electrons. The van der Waals surface area contributed by atoms with Crippen molar-refractivity contribution in [2.75, 3.05) is 6.61 Å². The van der Waals surface area contributed by atoms with Gasteiger partial charge >= 0.3 is 0 Å². The van der Waals surface area contributed by atoms with Crippen LogP contribution in [0.15, 0.2) is 38.2 Å². The number of halogens is 2. The van der Waals surface area contributed by atoms with E-state index in [4.69, 9.17) is 0 Å². The summed E-state index contributed by atoms with van der Waals surface area (Å²) in [6, 6.07) is 0. The van der Waals surface area contributed by atoms with Crippen molar-refractivity contribution in [3.05, 3.63) is 38.2 Å². The topological polar surface area (TPSA) is 9.23 Å². The Morgan fingerprint density at radius 1 is 1.40 bits per heavy atom. The molecule has 0 N–H and O–H groups in total. The van der Waals surface area contributed by atoms with Gasteiger partial charge in [0, 0.05) is 0 Å². The fraction of sp³-hybridized carbons (Fsp3) is 0.143. The Balaban J connectivity index is 0. The van der Waals surface area contributed by atoms with Crippen molar-refractivity contribution < 1.29 is 13.5 Å². The van der Waals surface area contributed by atoms with Gasteiger partial charge in [-0.15, -0.1) is 0 Å². The Labute approximate surface area is 59.3 Å². The lowest BCUT2D eigenvalue weighted by atomic mass is 10.7. The molecule has 1 nitrogen and oxygen atoms in total. The zero-order chi connectivity index (χ0) is 8.41. The third-order valence-corrected chi connectivity index (χ3v) is 0.332. The van der Waals surface area contributed by atoms with Gasteiger partial charge in [-0.3, -0.25) is 0 Å². The van der Waals surface area contributed by atoms with Gasteiger partial charge in [0.15, 0.2) is 0 Å². The quantitative estimate of drug-likeness (QED) is 0.339. The maximum atomic E-state index is 10.1. The van der Waals surface area contributed by atoms with E-state index in [1.165, 1.54) is 6.26 Å². The number of rotatable bonds is 3. The summed E-state index contributed by atoms with van der Waals surface area (Å²) in [5, 5.41) is 0. The van der Waals surface area contributed by atoms with E-state index < -0.39 is 6.08 Å². The minimum Gasteiger partial charge on any atom is -0.498 e. The third-order valence-electron chi connectivity index (χ3n) is 0.332. The summed E-state index contributed by atoms with van der Waals surface area (Å²) < 4.78 is 24.9. The summed E-state index contributed by atoms with van der Waals surface area (Å²) >= 11 is 0. The van der Waals surface area contributed by atoms with Gasteiger partial charge in [0.05, 0.1) is 6.26 Å². The lowest BCUT2D eigenvalue weighted by Gasteiger charge is -1.86. The molecule has 0 aliphatic heterocycles. The van der Waals surface area contributed by atoms with Crippen LogP contribution in [0.2, 0.25) is 0 Å². The molecule has 0 saturated carbocycles. The molecule has 3 heteroatoms. The van der Waals surface area contributed by atoms with E-state index in [1.807, 2.05) is 0 Å². The van der Waals surface area contributed by atoms with Gasteiger partial charge < -0.3 is 4.74 Å². The number of hydrogen-bond acceptors (Lipinski definition) is 1. The zero-order valence-electron chi connectivity index (χ0n) is 5.65. The first-order valence-electron chi connectivity index (χ1n) is 2.48. The van der Waals surface area contributed by atoms with Gasteiger partial charge in [0.25, 0.3) is 6.08 Å². The Morgan fingerprint density at radius 3 is 1.90 bits per heavy atom. The minimum atomic E-state index is -1.83. The highest BCUT2D eigenvalue weighted by Crippen LogP contribution is 1.85. The van der Waals surface area contributed by atoms with E-state index in [9.17, 15) is 8.78 Å². The fourth-order valence-electron chi connectivity index (χ4n) is 0.136. The Bertz CT molecular complexity index is 98.2. The first-order chi connectivity index (χ1) is 4.65. The summed E-state index contributed by atoms with van der Waals surface area (Å²) in [5.74, 6) is 0. The molecule has 0 rings (SSSR count). The lowest BCUT2D eigenvalue weighted by Crippen LogP contribution is -1.75. The van der Waals surface area contributed by atoms with Crippen molar-refractivity contribution in [1.82, 2.24) is 0 Å². The molecule has 0 spiro atoms. The lowest BCUT2D eigenvalue weighted by molar-refractivity contribution is 0.291. The maximum Gasteiger partial charge on any atom is 0.263 e. The molecule has 0 atom stereocenters. The smallest absolute Gasteiger partial charge is 0.263 e. The first-order valence-corrected chi connectivity index (χ1v) is 2.48. The molecule has 0 bridgehead atoms. The molecule has 0 aliphatic rings. The predicted octanol–water partition coefficient (Wildman–Crippen LogP) is 2.73. The minimum absolute atomic E-state index is 0.559. The summed E-state index contributed by atoms with van der Waals surface area (Å²) in [6.45, 7) is 9.53. The molecule has 0 saturated heterocycles. The van der Waals surface area contributed by atoms with E-state index in [0.717, 1.165) is 0 Å². The van der Waals surface area contributed by atoms with E-state index in [2.05, 4.69) is 24.5 Å². The molecular weight excluding hydrogens is 138 g/mol. The van der Waals surface area contributed by atoms with E-state index in [0.29, 0.717) is 6.61 Å². The van der Waals surface area contributed by atoms with Crippen molar-refractivity contribution in [3.63, 3.8) is 0 Å².